The number of phenols is 1. The van der Waals surface area contributed by atoms with Gasteiger partial charge in [0.1, 0.15) is 12.6 Å². The Hall–Kier alpha value is -2.57. The van der Waals surface area contributed by atoms with Crippen molar-refractivity contribution in [3.05, 3.63) is 47.5 Å². The van der Waals surface area contributed by atoms with Gasteiger partial charge in [0.15, 0.2) is 11.5 Å². The summed E-state index contributed by atoms with van der Waals surface area (Å²) in [5.74, 6) is 0.659. The van der Waals surface area contributed by atoms with Gasteiger partial charge in [0.2, 0.25) is 5.91 Å². The van der Waals surface area contributed by atoms with Crippen molar-refractivity contribution in [1.82, 2.24) is 15.8 Å². The van der Waals surface area contributed by atoms with Gasteiger partial charge in [0.05, 0.1) is 6.54 Å². The topological polar surface area (TPSA) is 73.8 Å². The van der Waals surface area contributed by atoms with Crippen LogP contribution in [0, 0.1) is 6.92 Å². The van der Waals surface area contributed by atoms with Crippen LogP contribution in [-0.4, -0.2) is 41.1 Å². The van der Waals surface area contributed by atoms with Crippen LogP contribution in [0.15, 0.2) is 36.4 Å². The molecule has 0 aromatic heterocycles. The number of benzene rings is 2. The average molecular weight is 367 g/mol. The zero-order valence-electron chi connectivity index (χ0n) is 15.7. The molecule has 2 atom stereocenters. The SMILES string of the molecule is Cc1ccccc1-c1cc(O)c2c(c1)CN(C(=O)C1CC(C)NN1)CCO2. The molecule has 1 fully saturated rings. The summed E-state index contributed by atoms with van der Waals surface area (Å²) in [5, 5.41) is 10.5. The zero-order valence-corrected chi connectivity index (χ0v) is 15.7. The van der Waals surface area contributed by atoms with Gasteiger partial charge in [0, 0.05) is 18.2 Å². The Morgan fingerprint density at radius 1 is 1.26 bits per heavy atom. The molecule has 2 unspecified atom stereocenters. The lowest BCUT2D eigenvalue weighted by Gasteiger charge is -2.23. The lowest BCUT2D eigenvalue weighted by molar-refractivity contribution is -0.133. The van der Waals surface area contributed by atoms with E-state index in [9.17, 15) is 9.90 Å². The minimum atomic E-state index is -0.227. The minimum absolute atomic E-state index is 0.0593. The van der Waals surface area contributed by atoms with Crippen LogP contribution in [0.25, 0.3) is 11.1 Å². The van der Waals surface area contributed by atoms with E-state index in [2.05, 4.69) is 10.9 Å². The number of nitrogens with zero attached hydrogens (tertiary/aromatic N) is 1. The number of hydrogen-bond donors (Lipinski definition) is 3. The lowest BCUT2D eigenvalue weighted by Crippen LogP contribution is -2.46. The molecule has 0 saturated carbocycles. The van der Waals surface area contributed by atoms with Gasteiger partial charge in [-0.3, -0.25) is 10.2 Å². The summed E-state index contributed by atoms with van der Waals surface area (Å²) in [6, 6.07) is 11.9. The van der Waals surface area contributed by atoms with E-state index in [-0.39, 0.29) is 23.7 Å². The fraction of sp³-hybridized carbons (Fsp3) is 0.381. The van der Waals surface area contributed by atoms with E-state index in [0.717, 1.165) is 28.7 Å². The Morgan fingerprint density at radius 3 is 2.81 bits per heavy atom. The molecular formula is C21H25N3O3. The average Bonchev–Trinajstić information content (AvgIpc) is 2.96. The van der Waals surface area contributed by atoms with E-state index in [4.69, 9.17) is 4.74 Å². The highest BCUT2D eigenvalue weighted by molar-refractivity contribution is 5.82. The molecule has 0 aliphatic carbocycles. The number of hydrazine groups is 1. The van der Waals surface area contributed by atoms with Crippen molar-refractivity contribution in [1.29, 1.82) is 0 Å². The molecule has 3 N–H and O–H groups in total. The third kappa shape index (κ3) is 3.50. The highest BCUT2D eigenvalue weighted by atomic mass is 16.5. The molecule has 0 spiro atoms. The van der Waals surface area contributed by atoms with Gasteiger partial charge in [-0.2, -0.15) is 0 Å². The van der Waals surface area contributed by atoms with Gasteiger partial charge in [-0.1, -0.05) is 24.3 Å². The molecule has 2 aliphatic heterocycles. The molecule has 2 aliphatic rings. The third-order valence-corrected chi connectivity index (χ3v) is 5.27. The molecular weight excluding hydrogens is 342 g/mol. The monoisotopic (exact) mass is 367 g/mol. The van der Waals surface area contributed by atoms with Crippen molar-refractivity contribution in [2.45, 2.75) is 38.9 Å². The van der Waals surface area contributed by atoms with E-state index < -0.39 is 0 Å². The number of aryl methyl sites for hydroxylation is 1. The maximum Gasteiger partial charge on any atom is 0.241 e. The summed E-state index contributed by atoms with van der Waals surface area (Å²) < 4.78 is 5.78. The Kier molecular flexibility index (Phi) is 4.76. The van der Waals surface area contributed by atoms with Crippen LogP contribution in [-0.2, 0) is 11.3 Å². The van der Waals surface area contributed by atoms with Crippen LogP contribution >= 0.6 is 0 Å². The van der Waals surface area contributed by atoms with Crippen LogP contribution in [0.1, 0.15) is 24.5 Å². The molecule has 1 saturated heterocycles. The highest BCUT2D eigenvalue weighted by Gasteiger charge is 2.32. The maximum absolute atomic E-state index is 12.9. The number of phenolic OH excluding ortho intramolecular Hbond substituents is 1. The molecule has 4 rings (SSSR count). The van der Waals surface area contributed by atoms with Crippen LogP contribution in [0.2, 0.25) is 0 Å². The molecule has 2 heterocycles. The Bertz CT molecular complexity index is 868. The Morgan fingerprint density at radius 2 is 2.07 bits per heavy atom. The van der Waals surface area contributed by atoms with E-state index in [1.165, 1.54) is 0 Å². The summed E-state index contributed by atoms with van der Waals surface area (Å²) in [7, 11) is 0. The van der Waals surface area contributed by atoms with Crippen molar-refractivity contribution in [3.8, 4) is 22.6 Å². The predicted octanol–water partition coefficient (Wildman–Crippen LogP) is 2.34. The standard InChI is InChI=1S/C21H25N3O3/c1-13-5-3-4-6-17(13)15-10-16-12-24(7-8-27-20(16)19(25)11-15)21(26)18-9-14(2)22-23-18/h3-6,10-11,14,18,22-23,25H,7-9,12H2,1-2H3. The van der Waals surface area contributed by atoms with Crippen LogP contribution in [0.5, 0.6) is 11.5 Å². The second-order valence-electron chi connectivity index (χ2n) is 7.38. The Balaban J connectivity index is 1.65. The fourth-order valence-electron chi connectivity index (χ4n) is 3.84. The first-order valence-corrected chi connectivity index (χ1v) is 9.37. The van der Waals surface area contributed by atoms with Crippen LogP contribution in [0.3, 0.4) is 0 Å². The fourth-order valence-corrected chi connectivity index (χ4v) is 3.84. The molecule has 0 bridgehead atoms. The van der Waals surface area contributed by atoms with Crippen LogP contribution in [0.4, 0.5) is 0 Å². The number of hydrogen-bond acceptors (Lipinski definition) is 5. The molecule has 27 heavy (non-hydrogen) atoms. The zero-order chi connectivity index (χ0) is 19.0. The Labute approximate surface area is 159 Å². The molecule has 2 aromatic rings. The van der Waals surface area contributed by atoms with Gasteiger partial charge in [0.25, 0.3) is 0 Å². The largest absolute Gasteiger partial charge is 0.504 e. The number of ether oxygens (including phenoxy) is 1. The number of carbonyl (C=O) groups excluding carboxylic acids is 1. The van der Waals surface area contributed by atoms with Crippen molar-refractivity contribution in [2.75, 3.05) is 13.2 Å². The lowest BCUT2D eigenvalue weighted by atomic mass is 9.97. The first kappa shape index (κ1) is 17.8. The molecule has 142 valence electrons. The van der Waals surface area contributed by atoms with Gasteiger partial charge in [-0.05, 0) is 49.1 Å². The number of rotatable bonds is 2. The number of aromatic hydroxyl groups is 1. The summed E-state index contributed by atoms with van der Waals surface area (Å²) in [6.45, 7) is 5.39. The first-order valence-electron chi connectivity index (χ1n) is 9.37. The highest BCUT2D eigenvalue weighted by Crippen LogP contribution is 2.38. The normalized spacial score (nSPS) is 22.1. The summed E-state index contributed by atoms with van der Waals surface area (Å²) in [4.78, 5) is 14.7. The van der Waals surface area contributed by atoms with Gasteiger partial charge < -0.3 is 14.7 Å². The summed E-state index contributed by atoms with van der Waals surface area (Å²) in [6.07, 6.45) is 0.761. The maximum atomic E-state index is 12.9. The second kappa shape index (κ2) is 7.21. The van der Waals surface area contributed by atoms with Crippen molar-refractivity contribution >= 4 is 5.91 Å². The third-order valence-electron chi connectivity index (χ3n) is 5.27. The van der Waals surface area contributed by atoms with Crippen molar-refractivity contribution < 1.29 is 14.6 Å². The molecule has 6 heteroatoms. The predicted molar refractivity (Wildman–Crippen MR) is 103 cm³/mol. The quantitative estimate of drug-likeness (QED) is 0.760. The minimum Gasteiger partial charge on any atom is -0.504 e. The van der Waals surface area contributed by atoms with E-state index in [1.807, 2.05) is 49.1 Å². The van der Waals surface area contributed by atoms with Gasteiger partial charge in [-0.25, -0.2) is 5.43 Å². The summed E-state index contributed by atoms with van der Waals surface area (Å²) >= 11 is 0. The number of amides is 1. The van der Waals surface area contributed by atoms with Crippen molar-refractivity contribution in [3.63, 3.8) is 0 Å². The van der Waals surface area contributed by atoms with Gasteiger partial charge in [-0.15, -0.1) is 0 Å². The molecule has 2 aromatic carbocycles. The van der Waals surface area contributed by atoms with Crippen LogP contribution < -0.4 is 15.6 Å². The second-order valence-corrected chi connectivity index (χ2v) is 7.38. The number of nitrogens with one attached hydrogen (secondary N) is 2. The van der Waals surface area contributed by atoms with E-state index in [0.29, 0.717) is 25.4 Å². The van der Waals surface area contributed by atoms with E-state index in [1.54, 1.807) is 6.07 Å². The number of carbonyl (C=O) groups is 1. The summed E-state index contributed by atoms with van der Waals surface area (Å²) in [5.41, 5.74) is 10.1. The van der Waals surface area contributed by atoms with Crippen molar-refractivity contribution in [2.24, 2.45) is 0 Å². The smallest absolute Gasteiger partial charge is 0.241 e. The number of fused-ring (bicyclic) bond motifs is 1. The molecule has 1 amide bonds. The first-order chi connectivity index (χ1) is 13.0. The van der Waals surface area contributed by atoms with E-state index >= 15 is 0 Å². The molecule has 0 radical (unpaired) electrons. The van der Waals surface area contributed by atoms with Gasteiger partial charge >= 0.3 is 0 Å². The molecule has 6 nitrogen and oxygen atoms in total.